The average molecular weight is 237 g/mol. The normalized spacial score (nSPS) is 12.8. The fourth-order valence-corrected chi connectivity index (χ4v) is 2.28. The van der Waals surface area contributed by atoms with Crippen molar-refractivity contribution >= 4 is 11.3 Å². The van der Waals surface area contributed by atoms with Crippen LogP contribution in [-0.4, -0.2) is 10.1 Å². The third-order valence-electron chi connectivity index (χ3n) is 2.29. The van der Waals surface area contributed by atoms with Gasteiger partial charge in [0.25, 0.3) is 0 Å². The summed E-state index contributed by atoms with van der Waals surface area (Å²) in [5.74, 6) is -0.272. The van der Waals surface area contributed by atoms with Crippen molar-refractivity contribution in [2.24, 2.45) is 0 Å². The van der Waals surface area contributed by atoms with Crippen molar-refractivity contribution in [2.75, 3.05) is 0 Å². The molecule has 16 heavy (non-hydrogen) atoms. The number of aryl methyl sites for hydroxylation is 1. The molecule has 1 heterocycles. The van der Waals surface area contributed by atoms with Crippen molar-refractivity contribution < 1.29 is 9.50 Å². The molecule has 4 heteroatoms. The van der Waals surface area contributed by atoms with Crippen LogP contribution in [0.15, 0.2) is 24.4 Å². The van der Waals surface area contributed by atoms with E-state index in [1.807, 2.05) is 13.0 Å². The number of aromatic nitrogens is 1. The van der Waals surface area contributed by atoms with E-state index in [2.05, 4.69) is 4.98 Å². The Bertz CT molecular complexity index is 507. The maximum absolute atomic E-state index is 13.7. The first-order valence-electron chi connectivity index (χ1n) is 4.98. The predicted octanol–water partition coefficient (Wildman–Crippen LogP) is 3.31. The molecule has 0 saturated heterocycles. The zero-order valence-electron chi connectivity index (χ0n) is 9.07. The molecule has 0 radical (unpaired) electrons. The molecule has 2 nitrogen and oxygen atoms in total. The minimum atomic E-state index is -0.556. The number of hydrogen-bond donors (Lipinski definition) is 1. The van der Waals surface area contributed by atoms with Crippen molar-refractivity contribution in [3.63, 3.8) is 0 Å². The van der Waals surface area contributed by atoms with Gasteiger partial charge in [0.2, 0.25) is 0 Å². The summed E-state index contributed by atoms with van der Waals surface area (Å²) in [7, 11) is 0. The highest BCUT2D eigenvalue weighted by Gasteiger charge is 2.11. The lowest BCUT2D eigenvalue weighted by Crippen LogP contribution is -1.84. The largest absolute Gasteiger partial charge is 0.388 e. The predicted molar refractivity (Wildman–Crippen MR) is 62.9 cm³/mol. The third kappa shape index (κ3) is 2.13. The van der Waals surface area contributed by atoms with Crippen LogP contribution in [0.25, 0.3) is 10.6 Å². The third-order valence-corrected chi connectivity index (χ3v) is 3.49. The minimum Gasteiger partial charge on any atom is -0.388 e. The number of aliphatic hydroxyl groups is 1. The molecule has 0 aliphatic rings. The highest BCUT2D eigenvalue weighted by atomic mass is 32.1. The Balaban J connectivity index is 2.42. The number of nitrogens with zero attached hydrogens (tertiary/aromatic N) is 1. The van der Waals surface area contributed by atoms with Crippen LogP contribution in [-0.2, 0) is 0 Å². The van der Waals surface area contributed by atoms with Crippen molar-refractivity contribution in [1.82, 2.24) is 4.98 Å². The van der Waals surface area contributed by atoms with Crippen LogP contribution in [0.1, 0.15) is 23.5 Å². The van der Waals surface area contributed by atoms with Gasteiger partial charge in [-0.25, -0.2) is 9.37 Å². The first-order chi connectivity index (χ1) is 7.58. The van der Waals surface area contributed by atoms with E-state index in [0.717, 1.165) is 10.4 Å². The number of rotatable bonds is 2. The molecule has 0 aliphatic carbocycles. The second-order valence-electron chi connectivity index (χ2n) is 3.73. The number of thiazole rings is 1. The molecule has 2 rings (SSSR count). The quantitative estimate of drug-likeness (QED) is 0.869. The van der Waals surface area contributed by atoms with Gasteiger partial charge in [0.15, 0.2) is 0 Å². The first kappa shape index (κ1) is 11.2. The van der Waals surface area contributed by atoms with Crippen molar-refractivity contribution in [2.45, 2.75) is 20.0 Å². The van der Waals surface area contributed by atoms with Crippen LogP contribution in [0.3, 0.4) is 0 Å². The summed E-state index contributed by atoms with van der Waals surface area (Å²) in [4.78, 5) is 4.86. The Kier molecular flexibility index (Phi) is 3.03. The van der Waals surface area contributed by atoms with Gasteiger partial charge in [0.1, 0.15) is 10.8 Å². The van der Waals surface area contributed by atoms with E-state index in [4.69, 9.17) is 0 Å². The van der Waals surface area contributed by atoms with Gasteiger partial charge >= 0.3 is 0 Å². The van der Waals surface area contributed by atoms with Crippen LogP contribution in [0.4, 0.5) is 4.39 Å². The second-order valence-corrected chi connectivity index (χ2v) is 4.79. The first-order valence-corrected chi connectivity index (χ1v) is 5.80. The lowest BCUT2D eigenvalue weighted by Gasteiger charge is -2.00. The molecule has 1 atom stereocenters. The fourth-order valence-electron chi connectivity index (χ4n) is 1.40. The number of halogens is 1. The van der Waals surface area contributed by atoms with Crippen molar-refractivity contribution in [3.8, 4) is 10.6 Å². The van der Waals surface area contributed by atoms with E-state index in [9.17, 15) is 9.50 Å². The second kappa shape index (κ2) is 4.31. The molecule has 1 aromatic carbocycles. The standard InChI is InChI=1S/C12H12FNOS/c1-7-3-4-9(10(13)5-7)12-14-6-11(16-12)8(2)15/h3-6,8,15H,1-2H3. The van der Waals surface area contributed by atoms with Gasteiger partial charge in [-0.2, -0.15) is 0 Å². The molecular weight excluding hydrogens is 225 g/mol. The van der Waals surface area contributed by atoms with Crippen LogP contribution < -0.4 is 0 Å². The average Bonchev–Trinajstić information content (AvgIpc) is 2.66. The zero-order valence-corrected chi connectivity index (χ0v) is 9.88. The minimum absolute atomic E-state index is 0.272. The van der Waals surface area contributed by atoms with E-state index in [1.54, 1.807) is 19.2 Å². The Morgan fingerprint density at radius 2 is 2.19 bits per heavy atom. The monoisotopic (exact) mass is 237 g/mol. The summed E-state index contributed by atoms with van der Waals surface area (Å²) in [6, 6.07) is 5.05. The van der Waals surface area contributed by atoms with Crippen molar-refractivity contribution in [3.05, 3.63) is 40.7 Å². The topological polar surface area (TPSA) is 33.1 Å². The molecule has 1 aromatic heterocycles. The molecule has 84 valence electrons. The van der Waals surface area contributed by atoms with Crippen LogP contribution in [0, 0.1) is 12.7 Å². The Morgan fingerprint density at radius 1 is 1.44 bits per heavy atom. The summed E-state index contributed by atoms with van der Waals surface area (Å²) in [5.41, 5.74) is 1.37. The Labute approximate surface area is 97.4 Å². The Morgan fingerprint density at radius 3 is 2.75 bits per heavy atom. The van der Waals surface area contributed by atoms with Crippen molar-refractivity contribution in [1.29, 1.82) is 0 Å². The smallest absolute Gasteiger partial charge is 0.133 e. The fraction of sp³-hybridized carbons (Fsp3) is 0.250. The summed E-state index contributed by atoms with van der Waals surface area (Å²) in [5, 5.41) is 9.98. The highest BCUT2D eigenvalue weighted by molar-refractivity contribution is 7.15. The van der Waals surface area contributed by atoms with E-state index in [1.165, 1.54) is 17.4 Å². The zero-order chi connectivity index (χ0) is 11.7. The summed E-state index contributed by atoms with van der Waals surface area (Å²) in [6.07, 6.45) is 1.03. The molecule has 1 unspecified atom stereocenters. The molecule has 1 N–H and O–H groups in total. The van der Waals surface area contributed by atoms with Gasteiger partial charge < -0.3 is 5.11 Å². The molecular formula is C12H12FNOS. The Hall–Kier alpha value is -1.26. The van der Waals surface area contributed by atoms with Gasteiger partial charge in [-0.15, -0.1) is 11.3 Å². The molecule has 0 aliphatic heterocycles. The molecule has 0 fully saturated rings. The number of hydrogen-bond acceptors (Lipinski definition) is 3. The van der Waals surface area contributed by atoms with Gasteiger partial charge in [-0.3, -0.25) is 0 Å². The van der Waals surface area contributed by atoms with Crippen LogP contribution in [0.2, 0.25) is 0 Å². The molecule has 0 spiro atoms. The molecule has 0 saturated carbocycles. The maximum Gasteiger partial charge on any atom is 0.133 e. The van der Waals surface area contributed by atoms with E-state index in [-0.39, 0.29) is 5.82 Å². The molecule has 0 bridgehead atoms. The summed E-state index contributed by atoms with van der Waals surface area (Å²) < 4.78 is 13.7. The summed E-state index contributed by atoms with van der Waals surface area (Å²) in [6.45, 7) is 3.51. The number of aliphatic hydroxyl groups excluding tert-OH is 1. The van der Waals surface area contributed by atoms with Gasteiger partial charge in [0.05, 0.1) is 11.0 Å². The summed E-state index contributed by atoms with van der Waals surface area (Å²) >= 11 is 1.31. The van der Waals surface area contributed by atoms with Gasteiger partial charge in [-0.05, 0) is 31.5 Å². The lowest BCUT2D eigenvalue weighted by molar-refractivity contribution is 0.203. The van der Waals surface area contributed by atoms with Crippen LogP contribution >= 0.6 is 11.3 Å². The molecule has 0 amide bonds. The highest BCUT2D eigenvalue weighted by Crippen LogP contribution is 2.30. The molecule has 2 aromatic rings. The van der Waals surface area contributed by atoms with E-state index < -0.39 is 6.10 Å². The maximum atomic E-state index is 13.7. The van der Waals surface area contributed by atoms with E-state index in [0.29, 0.717) is 10.6 Å². The van der Waals surface area contributed by atoms with Gasteiger partial charge in [-0.1, -0.05) is 6.07 Å². The van der Waals surface area contributed by atoms with E-state index >= 15 is 0 Å². The number of benzene rings is 1. The SMILES string of the molecule is Cc1ccc(-c2ncc(C(C)O)s2)c(F)c1. The lowest BCUT2D eigenvalue weighted by atomic mass is 10.1. The van der Waals surface area contributed by atoms with Gasteiger partial charge in [0, 0.05) is 11.8 Å². The van der Waals surface area contributed by atoms with Crippen LogP contribution in [0.5, 0.6) is 0 Å².